The summed E-state index contributed by atoms with van der Waals surface area (Å²) in [4.78, 5) is 27.5. The third kappa shape index (κ3) is 3.30. The summed E-state index contributed by atoms with van der Waals surface area (Å²) in [5, 5.41) is 6.25. The maximum Gasteiger partial charge on any atom is 0.325 e. The summed E-state index contributed by atoms with van der Waals surface area (Å²) in [7, 11) is 0. The fourth-order valence-corrected chi connectivity index (χ4v) is 5.01. The molecule has 1 saturated heterocycles. The van der Waals surface area contributed by atoms with Gasteiger partial charge in [-0.1, -0.05) is 43.5 Å². The summed E-state index contributed by atoms with van der Waals surface area (Å²) >= 11 is 0. The van der Waals surface area contributed by atoms with E-state index in [0.29, 0.717) is 17.7 Å². The Morgan fingerprint density at radius 2 is 1.93 bits per heavy atom. The first-order valence-corrected chi connectivity index (χ1v) is 10.8. The van der Waals surface area contributed by atoms with Crippen molar-refractivity contribution in [3.8, 4) is 5.75 Å². The Morgan fingerprint density at radius 1 is 1.13 bits per heavy atom. The van der Waals surface area contributed by atoms with E-state index in [1.807, 2.05) is 43.3 Å². The quantitative estimate of drug-likeness (QED) is 0.789. The molecule has 30 heavy (non-hydrogen) atoms. The van der Waals surface area contributed by atoms with E-state index in [2.05, 4.69) is 10.6 Å². The molecule has 2 heterocycles. The number of para-hydroxylation sites is 1. The molecule has 5 rings (SSSR count). The molecule has 2 atom stereocenters. The average Bonchev–Trinajstić information content (AvgIpc) is 2.74. The number of hydrogen-bond acceptors (Lipinski definition) is 3. The standard InChI is InChI=1S/C24H27N3O3/c1-24-15-20(19-12-5-6-13-21(19)30-24)26-23(29)27(24)18-11-7-8-16(14-18)22(28)25-17-9-3-2-4-10-17/h5-8,11-14,17,20H,2-4,9-10,15H2,1H3,(H,25,28)(H,26,29). The summed E-state index contributed by atoms with van der Waals surface area (Å²) in [5.74, 6) is 0.701. The first kappa shape index (κ1) is 19.0. The van der Waals surface area contributed by atoms with Gasteiger partial charge in [-0.25, -0.2) is 4.79 Å². The smallest absolute Gasteiger partial charge is 0.325 e. The molecule has 2 aromatic carbocycles. The van der Waals surface area contributed by atoms with Crippen LogP contribution < -0.4 is 20.3 Å². The van der Waals surface area contributed by atoms with Crippen LogP contribution in [0.25, 0.3) is 0 Å². The first-order valence-electron chi connectivity index (χ1n) is 10.8. The molecule has 2 aromatic rings. The van der Waals surface area contributed by atoms with E-state index < -0.39 is 5.72 Å². The predicted octanol–water partition coefficient (Wildman–Crippen LogP) is 4.52. The number of hydrogen-bond donors (Lipinski definition) is 2. The molecule has 2 unspecified atom stereocenters. The summed E-state index contributed by atoms with van der Waals surface area (Å²) in [6.07, 6.45) is 6.27. The van der Waals surface area contributed by atoms with Crippen LogP contribution in [-0.2, 0) is 0 Å². The summed E-state index contributed by atoms with van der Waals surface area (Å²) in [6.45, 7) is 1.93. The monoisotopic (exact) mass is 405 g/mol. The minimum Gasteiger partial charge on any atom is -0.467 e. The number of carbonyl (C=O) groups is 2. The van der Waals surface area contributed by atoms with Crippen molar-refractivity contribution in [3.05, 3.63) is 59.7 Å². The molecule has 3 aliphatic rings. The summed E-state index contributed by atoms with van der Waals surface area (Å²) < 4.78 is 6.31. The molecule has 1 aliphatic carbocycles. The number of ether oxygens (including phenoxy) is 1. The van der Waals surface area contributed by atoms with E-state index in [1.54, 1.807) is 17.0 Å². The van der Waals surface area contributed by atoms with Crippen molar-refractivity contribution in [3.63, 3.8) is 0 Å². The Hall–Kier alpha value is -3.02. The van der Waals surface area contributed by atoms with E-state index in [-0.39, 0.29) is 24.0 Å². The summed E-state index contributed by atoms with van der Waals surface area (Å²) in [6, 6.07) is 15.0. The molecule has 0 spiro atoms. The molecular formula is C24H27N3O3. The van der Waals surface area contributed by atoms with Crippen LogP contribution in [0.4, 0.5) is 10.5 Å². The lowest BCUT2D eigenvalue weighted by Crippen LogP contribution is -2.65. The second-order valence-corrected chi connectivity index (χ2v) is 8.72. The fraction of sp³-hybridized carbons (Fsp3) is 0.417. The Kier molecular flexibility index (Phi) is 4.65. The average molecular weight is 405 g/mol. The van der Waals surface area contributed by atoms with Crippen molar-refractivity contribution in [1.29, 1.82) is 0 Å². The van der Waals surface area contributed by atoms with Crippen molar-refractivity contribution in [1.82, 2.24) is 10.6 Å². The first-order chi connectivity index (χ1) is 14.5. The van der Waals surface area contributed by atoms with Gasteiger partial charge in [-0.3, -0.25) is 9.69 Å². The number of rotatable bonds is 3. The fourth-order valence-electron chi connectivity index (χ4n) is 5.01. The normalized spacial score (nSPS) is 25.7. The largest absolute Gasteiger partial charge is 0.467 e. The van der Waals surface area contributed by atoms with E-state index in [4.69, 9.17) is 4.74 Å². The van der Waals surface area contributed by atoms with E-state index in [9.17, 15) is 9.59 Å². The molecule has 0 aromatic heterocycles. The lowest BCUT2D eigenvalue weighted by Gasteiger charge is -2.50. The van der Waals surface area contributed by atoms with Crippen molar-refractivity contribution in [2.24, 2.45) is 0 Å². The van der Waals surface area contributed by atoms with Crippen LogP contribution in [-0.4, -0.2) is 23.7 Å². The highest BCUT2D eigenvalue weighted by Gasteiger charge is 2.49. The third-order valence-corrected chi connectivity index (χ3v) is 6.49. The maximum absolute atomic E-state index is 13.1. The van der Waals surface area contributed by atoms with Gasteiger partial charge in [0.25, 0.3) is 5.91 Å². The highest BCUT2D eigenvalue weighted by atomic mass is 16.5. The number of carbonyl (C=O) groups excluding carboxylic acids is 2. The highest BCUT2D eigenvalue weighted by molar-refractivity contribution is 5.99. The number of nitrogens with one attached hydrogen (secondary N) is 2. The Morgan fingerprint density at radius 3 is 2.77 bits per heavy atom. The van der Waals surface area contributed by atoms with Crippen LogP contribution in [0, 0.1) is 0 Å². The predicted molar refractivity (Wildman–Crippen MR) is 115 cm³/mol. The van der Waals surface area contributed by atoms with Gasteiger partial charge in [-0.05, 0) is 44.0 Å². The molecule has 2 aliphatic heterocycles. The van der Waals surface area contributed by atoms with Crippen LogP contribution in [0.3, 0.4) is 0 Å². The molecule has 1 saturated carbocycles. The number of urea groups is 1. The second-order valence-electron chi connectivity index (χ2n) is 8.72. The van der Waals surface area contributed by atoms with Gasteiger partial charge in [0.2, 0.25) is 0 Å². The molecule has 6 heteroatoms. The Labute approximate surface area is 176 Å². The van der Waals surface area contributed by atoms with Crippen molar-refractivity contribution >= 4 is 17.6 Å². The minimum absolute atomic E-state index is 0.0820. The van der Waals surface area contributed by atoms with Gasteiger partial charge < -0.3 is 15.4 Å². The molecule has 156 valence electrons. The zero-order chi connectivity index (χ0) is 20.7. The second kappa shape index (κ2) is 7.35. The van der Waals surface area contributed by atoms with E-state index >= 15 is 0 Å². The van der Waals surface area contributed by atoms with E-state index in [0.717, 1.165) is 37.0 Å². The zero-order valence-corrected chi connectivity index (χ0v) is 17.2. The molecule has 3 amide bonds. The van der Waals surface area contributed by atoms with Gasteiger partial charge in [-0.15, -0.1) is 0 Å². The zero-order valence-electron chi connectivity index (χ0n) is 17.2. The van der Waals surface area contributed by atoms with E-state index in [1.165, 1.54) is 6.42 Å². The number of amides is 3. The minimum atomic E-state index is -0.820. The lowest BCUT2D eigenvalue weighted by atomic mass is 9.90. The topological polar surface area (TPSA) is 70.7 Å². The highest BCUT2D eigenvalue weighted by Crippen LogP contribution is 2.45. The Balaban J connectivity index is 1.42. The lowest BCUT2D eigenvalue weighted by molar-refractivity contribution is 0.0378. The van der Waals surface area contributed by atoms with Gasteiger partial charge in [0.15, 0.2) is 5.72 Å². The SMILES string of the molecule is CC12CC(NC(=O)N1c1cccc(C(=O)NC3CCCCC3)c1)c1ccccc1O2. The molecule has 0 radical (unpaired) electrons. The molecule has 6 nitrogen and oxygen atoms in total. The van der Waals surface area contributed by atoms with Crippen LogP contribution in [0.2, 0.25) is 0 Å². The van der Waals surface area contributed by atoms with Crippen molar-refractivity contribution < 1.29 is 14.3 Å². The summed E-state index contributed by atoms with van der Waals surface area (Å²) in [5.41, 5.74) is 1.40. The van der Waals surface area contributed by atoms with Gasteiger partial charge >= 0.3 is 6.03 Å². The van der Waals surface area contributed by atoms with Crippen molar-refractivity contribution in [2.75, 3.05) is 4.90 Å². The van der Waals surface area contributed by atoms with Crippen molar-refractivity contribution in [2.45, 2.75) is 63.3 Å². The van der Waals surface area contributed by atoms with Crippen LogP contribution >= 0.6 is 0 Å². The van der Waals surface area contributed by atoms with Crippen LogP contribution in [0.5, 0.6) is 5.75 Å². The molecule has 2 N–H and O–H groups in total. The van der Waals surface area contributed by atoms with Gasteiger partial charge in [0.05, 0.1) is 11.7 Å². The third-order valence-electron chi connectivity index (χ3n) is 6.49. The molecule has 2 fully saturated rings. The molecule has 2 bridgehead atoms. The van der Waals surface area contributed by atoms with Gasteiger partial charge in [-0.2, -0.15) is 0 Å². The van der Waals surface area contributed by atoms with Gasteiger partial charge in [0.1, 0.15) is 5.75 Å². The Bertz CT molecular complexity index is 985. The number of fused-ring (bicyclic) bond motifs is 4. The van der Waals surface area contributed by atoms with Crippen LogP contribution in [0.1, 0.15) is 67.4 Å². The number of nitrogens with zero attached hydrogens (tertiary/aromatic N) is 1. The maximum atomic E-state index is 13.1. The molecular weight excluding hydrogens is 378 g/mol. The van der Waals surface area contributed by atoms with Crippen LogP contribution in [0.15, 0.2) is 48.5 Å². The number of benzene rings is 2. The number of anilines is 1. The van der Waals surface area contributed by atoms with Gasteiger partial charge in [0, 0.05) is 23.6 Å².